The Kier molecular flexibility index (Phi) is 3.87. The van der Waals surface area contributed by atoms with Gasteiger partial charge in [-0.3, -0.25) is 0 Å². The highest BCUT2D eigenvalue weighted by atomic mass is 32.2. The number of alkyl halides is 3. The van der Waals surface area contributed by atoms with E-state index in [0.717, 1.165) is 16.5 Å². The molecule has 1 aliphatic heterocycles. The van der Waals surface area contributed by atoms with E-state index in [1.54, 1.807) is 6.92 Å². The molecule has 1 unspecified atom stereocenters. The molecule has 1 aliphatic carbocycles. The summed E-state index contributed by atoms with van der Waals surface area (Å²) in [5.41, 5.74) is 3.81. The first kappa shape index (κ1) is 17.7. The molecule has 0 bridgehead atoms. The van der Waals surface area contributed by atoms with Gasteiger partial charge < -0.3 is 16.4 Å². The average molecular weight is 378 g/mol. The molecule has 0 aromatic carbocycles. The minimum absolute atomic E-state index is 0.00134. The van der Waals surface area contributed by atoms with Gasteiger partial charge in [-0.2, -0.15) is 22.4 Å². The van der Waals surface area contributed by atoms with E-state index < -0.39 is 27.4 Å². The predicted octanol–water partition coefficient (Wildman–Crippen LogP) is 0.882. The number of aromatic nitrogens is 2. The topological polar surface area (TPSA) is 114 Å². The molecule has 1 aromatic heterocycles. The second kappa shape index (κ2) is 5.46. The van der Waals surface area contributed by atoms with Crippen LogP contribution in [0, 0.1) is 12.8 Å². The van der Waals surface area contributed by atoms with Crippen molar-refractivity contribution < 1.29 is 21.6 Å². The molecule has 0 radical (unpaired) electrons. The first-order valence-electron chi connectivity index (χ1n) is 7.38. The summed E-state index contributed by atoms with van der Waals surface area (Å²) in [5, 5.41) is 9.02. The Labute approximate surface area is 142 Å². The molecule has 1 atom stereocenters. The van der Waals surface area contributed by atoms with Crippen molar-refractivity contribution in [1.82, 2.24) is 14.5 Å². The molecular formula is C13H17F3N6O2S. The zero-order valence-electron chi connectivity index (χ0n) is 13.4. The number of anilines is 1. The second-order valence-corrected chi connectivity index (χ2v) is 7.99. The number of aryl methyl sites for hydroxylation is 1. The fraction of sp³-hybridized carbons (Fsp3) is 0.538. The van der Waals surface area contributed by atoms with Crippen molar-refractivity contribution in [2.75, 3.05) is 11.6 Å². The van der Waals surface area contributed by atoms with Crippen molar-refractivity contribution in [2.45, 2.75) is 31.6 Å². The quantitative estimate of drug-likeness (QED) is 0.719. The van der Waals surface area contributed by atoms with Crippen LogP contribution in [0.25, 0.3) is 0 Å². The van der Waals surface area contributed by atoms with Crippen molar-refractivity contribution in [1.29, 1.82) is 0 Å². The first-order valence-corrected chi connectivity index (χ1v) is 9.23. The predicted molar refractivity (Wildman–Crippen MR) is 85.2 cm³/mol. The third-order valence-corrected chi connectivity index (χ3v) is 4.92. The minimum atomic E-state index is -4.60. The van der Waals surface area contributed by atoms with Gasteiger partial charge >= 0.3 is 6.18 Å². The van der Waals surface area contributed by atoms with Crippen molar-refractivity contribution in [2.24, 2.45) is 16.6 Å². The summed E-state index contributed by atoms with van der Waals surface area (Å²) < 4.78 is 63.5. The molecular weight excluding hydrogens is 361 g/mol. The van der Waals surface area contributed by atoms with Gasteiger partial charge in [-0.05, 0) is 19.8 Å². The molecule has 4 N–H and O–H groups in total. The number of rotatable bonds is 3. The van der Waals surface area contributed by atoms with Gasteiger partial charge in [0, 0.05) is 12.1 Å². The molecule has 2 heterocycles. The summed E-state index contributed by atoms with van der Waals surface area (Å²) in [7, 11) is -3.58. The fourth-order valence-corrected chi connectivity index (χ4v) is 3.16. The number of hydrogen-bond acceptors (Lipinski definition) is 7. The molecule has 2 aliphatic rings. The van der Waals surface area contributed by atoms with Crippen LogP contribution in [0.5, 0.6) is 0 Å². The lowest BCUT2D eigenvalue weighted by molar-refractivity contribution is -0.102. The molecule has 8 nitrogen and oxygen atoms in total. The summed E-state index contributed by atoms with van der Waals surface area (Å²) >= 11 is 0. The third kappa shape index (κ3) is 3.35. The second-order valence-electron chi connectivity index (χ2n) is 6.15. The molecule has 3 rings (SSSR count). The molecule has 1 aromatic rings. The van der Waals surface area contributed by atoms with Gasteiger partial charge in [-0.25, -0.2) is 13.4 Å². The van der Waals surface area contributed by atoms with Crippen LogP contribution < -0.4 is 16.4 Å². The van der Waals surface area contributed by atoms with Crippen LogP contribution in [0.2, 0.25) is 0 Å². The van der Waals surface area contributed by atoms with Crippen LogP contribution in [-0.2, 0) is 10.0 Å². The molecule has 138 valence electrons. The lowest BCUT2D eigenvalue weighted by Gasteiger charge is -2.33. The number of nitrogens with zero attached hydrogens (tertiary/aromatic N) is 3. The summed E-state index contributed by atoms with van der Waals surface area (Å²) in [5.74, 6) is -0.391. The van der Waals surface area contributed by atoms with E-state index >= 15 is 0 Å². The van der Waals surface area contributed by atoms with Crippen LogP contribution in [0.1, 0.15) is 18.5 Å². The molecule has 0 amide bonds. The lowest BCUT2D eigenvalue weighted by Crippen LogP contribution is -2.52. The maximum atomic E-state index is 13.2. The van der Waals surface area contributed by atoms with Crippen LogP contribution in [-0.4, -0.2) is 41.7 Å². The van der Waals surface area contributed by atoms with E-state index in [0.29, 0.717) is 24.2 Å². The van der Waals surface area contributed by atoms with Gasteiger partial charge in [0.2, 0.25) is 5.96 Å². The standard InChI is InChI=1S/C13H17F3N6O2S/c1-7-9(6-22(21-7)25(2,23)24)19-11-18-5-10(13(14,15)16)12(17,20-11)8-3-4-8/h5-6,8H,3-4,17H2,1-2H3,(H2,18,19,20). The Balaban J connectivity index is 1.90. The normalized spacial score (nSPS) is 24.4. The SMILES string of the molecule is Cc1nn(S(C)(=O)=O)cc1NC1=NC(N)(C2CC2)C(C(F)(F)F)=CN1. The molecule has 1 fully saturated rings. The molecule has 12 heteroatoms. The van der Waals surface area contributed by atoms with E-state index in [1.165, 1.54) is 6.20 Å². The highest BCUT2D eigenvalue weighted by Gasteiger charge is 2.55. The van der Waals surface area contributed by atoms with E-state index in [-0.39, 0.29) is 11.9 Å². The van der Waals surface area contributed by atoms with Crippen LogP contribution >= 0.6 is 0 Å². The summed E-state index contributed by atoms with van der Waals surface area (Å²) in [6.07, 6.45) is -0.485. The van der Waals surface area contributed by atoms with Crippen LogP contribution in [0.15, 0.2) is 23.0 Å². The zero-order valence-corrected chi connectivity index (χ0v) is 14.2. The lowest BCUT2D eigenvalue weighted by atomic mass is 9.94. The molecule has 1 saturated carbocycles. The maximum absolute atomic E-state index is 13.2. The Morgan fingerprint density at radius 3 is 2.56 bits per heavy atom. The largest absolute Gasteiger partial charge is 0.417 e. The van der Waals surface area contributed by atoms with Gasteiger partial charge in [0.1, 0.15) is 5.66 Å². The fourth-order valence-electron chi connectivity index (χ4n) is 2.60. The highest BCUT2D eigenvalue weighted by molar-refractivity contribution is 7.89. The number of hydrogen-bond donors (Lipinski definition) is 3. The summed E-state index contributed by atoms with van der Waals surface area (Å²) in [6, 6.07) is 0. The number of nitrogens with one attached hydrogen (secondary N) is 2. The van der Waals surface area contributed by atoms with Crippen molar-refractivity contribution in [3.63, 3.8) is 0 Å². The Morgan fingerprint density at radius 2 is 2.08 bits per heavy atom. The summed E-state index contributed by atoms with van der Waals surface area (Å²) in [4.78, 5) is 4.03. The smallest absolute Gasteiger partial charge is 0.332 e. The Hall–Kier alpha value is -2.08. The van der Waals surface area contributed by atoms with Gasteiger partial charge in [0.15, 0.2) is 0 Å². The van der Waals surface area contributed by atoms with Crippen molar-refractivity contribution in [3.8, 4) is 0 Å². The highest BCUT2D eigenvalue weighted by Crippen LogP contribution is 2.48. The van der Waals surface area contributed by atoms with E-state index in [4.69, 9.17) is 5.73 Å². The van der Waals surface area contributed by atoms with Gasteiger partial charge in [-0.15, -0.1) is 0 Å². The van der Waals surface area contributed by atoms with Crippen LogP contribution in [0.4, 0.5) is 18.9 Å². The average Bonchev–Trinajstić information content (AvgIpc) is 3.23. The van der Waals surface area contributed by atoms with E-state index in [1.807, 2.05) is 0 Å². The van der Waals surface area contributed by atoms with Gasteiger partial charge in [0.05, 0.1) is 29.4 Å². The van der Waals surface area contributed by atoms with Gasteiger partial charge in [0.25, 0.3) is 10.0 Å². The molecule has 25 heavy (non-hydrogen) atoms. The monoisotopic (exact) mass is 378 g/mol. The first-order chi connectivity index (χ1) is 11.4. The summed E-state index contributed by atoms with van der Waals surface area (Å²) in [6.45, 7) is 1.56. The van der Waals surface area contributed by atoms with E-state index in [2.05, 4.69) is 20.7 Å². The van der Waals surface area contributed by atoms with Crippen molar-refractivity contribution in [3.05, 3.63) is 23.7 Å². The minimum Gasteiger partial charge on any atom is -0.332 e. The molecule has 0 spiro atoms. The third-order valence-electron chi connectivity index (χ3n) is 4.06. The van der Waals surface area contributed by atoms with E-state index in [9.17, 15) is 21.6 Å². The van der Waals surface area contributed by atoms with Crippen molar-refractivity contribution >= 4 is 21.7 Å². The number of aliphatic imine (C=N–C) groups is 1. The Morgan fingerprint density at radius 1 is 1.44 bits per heavy atom. The van der Waals surface area contributed by atoms with Crippen LogP contribution in [0.3, 0.4) is 0 Å². The Bertz CT molecular complexity index is 869. The van der Waals surface area contributed by atoms with Gasteiger partial charge in [-0.1, -0.05) is 0 Å². The number of nitrogens with two attached hydrogens (primary N) is 1. The maximum Gasteiger partial charge on any atom is 0.417 e. The zero-order chi connectivity index (χ0) is 18.6. The molecule has 0 saturated heterocycles. The number of guanidine groups is 1. The number of halogens is 3.